The van der Waals surface area contributed by atoms with Crippen molar-refractivity contribution in [3.8, 4) is 0 Å². The van der Waals surface area contributed by atoms with Gasteiger partial charge in [0.2, 0.25) is 0 Å². The van der Waals surface area contributed by atoms with Gasteiger partial charge in [0.1, 0.15) is 0 Å². The minimum Gasteiger partial charge on any atom is -0.376 e. The normalized spacial score (nSPS) is 22.1. The first-order chi connectivity index (χ1) is 13.8. The SMILES string of the molecule is COC1(CNC(=O)c2ccc(S(=O)(=O)Nc3ccncc3)cc2)CCC(C)CC1. The Morgan fingerprint density at radius 1 is 1.14 bits per heavy atom. The molecule has 2 N–H and O–H groups in total. The number of methoxy groups -OCH3 is 1. The fourth-order valence-corrected chi connectivity index (χ4v) is 4.56. The molecule has 1 saturated carbocycles. The molecule has 0 aliphatic heterocycles. The molecule has 0 unspecified atom stereocenters. The van der Waals surface area contributed by atoms with Gasteiger partial charge in [-0.15, -0.1) is 0 Å². The Balaban J connectivity index is 1.62. The Kier molecular flexibility index (Phi) is 6.54. The highest BCUT2D eigenvalue weighted by Crippen LogP contribution is 2.33. The van der Waals surface area contributed by atoms with Crippen LogP contribution in [0.4, 0.5) is 5.69 Å². The number of hydrogen-bond acceptors (Lipinski definition) is 5. The molecule has 1 fully saturated rings. The van der Waals surface area contributed by atoms with Crippen LogP contribution < -0.4 is 10.0 Å². The smallest absolute Gasteiger partial charge is 0.261 e. The predicted molar refractivity (Wildman–Crippen MR) is 111 cm³/mol. The van der Waals surface area contributed by atoms with Gasteiger partial charge in [0.25, 0.3) is 15.9 Å². The summed E-state index contributed by atoms with van der Waals surface area (Å²) in [5.41, 5.74) is 0.511. The molecule has 0 atom stereocenters. The van der Waals surface area contributed by atoms with E-state index in [0.717, 1.165) is 25.7 Å². The molecule has 7 nitrogen and oxygen atoms in total. The average Bonchev–Trinajstić information content (AvgIpc) is 2.74. The van der Waals surface area contributed by atoms with Crippen LogP contribution in [-0.4, -0.2) is 38.6 Å². The monoisotopic (exact) mass is 417 g/mol. The van der Waals surface area contributed by atoms with Crippen molar-refractivity contribution in [2.24, 2.45) is 5.92 Å². The van der Waals surface area contributed by atoms with Crippen molar-refractivity contribution < 1.29 is 17.9 Å². The van der Waals surface area contributed by atoms with Crippen LogP contribution in [0.15, 0.2) is 53.7 Å². The number of anilines is 1. The Labute approximate surface area is 171 Å². The average molecular weight is 418 g/mol. The highest BCUT2D eigenvalue weighted by atomic mass is 32.2. The summed E-state index contributed by atoms with van der Waals surface area (Å²) in [6, 6.07) is 9.01. The standard InChI is InChI=1S/C21H27N3O4S/c1-16-7-11-21(28-2,12-8-16)15-23-20(25)17-3-5-19(6-4-17)29(26,27)24-18-9-13-22-14-10-18/h3-6,9-10,13-14,16H,7-8,11-12,15H2,1-2H3,(H,22,24)(H,23,25). The third kappa shape index (κ3) is 5.33. The number of benzene rings is 1. The third-order valence-electron chi connectivity index (χ3n) is 5.55. The van der Waals surface area contributed by atoms with E-state index in [2.05, 4.69) is 21.9 Å². The number of rotatable bonds is 7. The van der Waals surface area contributed by atoms with E-state index in [-0.39, 0.29) is 16.4 Å². The Bertz CT molecular complexity index is 922. The molecule has 0 radical (unpaired) electrons. The molecule has 1 heterocycles. The van der Waals surface area contributed by atoms with Crippen molar-refractivity contribution in [3.63, 3.8) is 0 Å². The maximum atomic E-state index is 12.5. The minimum absolute atomic E-state index is 0.0838. The number of hydrogen-bond donors (Lipinski definition) is 2. The van der Waals surface area contributed by atoms with Gasteiger partial charge in [-0.3, -0.25) is 14.5 Å². The Hall–Kier alpha value is -2.45. The zero-order valence-electron chi connectivity index (χ0n) is 16.7. The summed E-state index contributed by atoms with van der Waals surface area (Å²) in [7, 11) is -2.04. The summed E-state index contributed by atoms with van der Waals surface area (Å²) in [5, 5.41) is 2.94. The number of aromatic nitrogens is 1. The van der Waals surface area contributed by atoms with E-state index in [1.807, 2.05) is 0 Å². The van der Waals surface area contributed by atoms with E-state index in [4.69, 9.17) is 4.74 Å². The molecule has 1 aliphatic rings. The zero-order chi connectivity index (χ0) is 20.9. The highest BCUT2D eigenvalue weighted by Gasteiger charge is 2.34. The molecular weight excluding hydrogens is 390 g/mol. The molecular formula is C21H27N3O4S. The van der Waals surface area contributed by atoms with E-state index in [1.54, 1.807) is 19.2 Å². The molecule has 0 bridgehead atoms. The van der Waals surface area contributed by atoms with Gasteiger partial charge in [-0.25, -0.2) is 8.42 Å². The van der Waals surface area contributed by atoms with Gasteiger partial charge < -0.3 is 10.1 Å². The molecule has 2 aromatic rings. The second-order valence-electron chi connectivity index (χ2n) is 7.62. The topological polar surface area (TPSA) is 97.4 Å². The predicted octanol–water partition coefficient (Wildman–Crippen LogP) is 3.21. The first-order valence-electron chi connectivity index (χ1n) is 9.70. The fourth-order valence-electron chi connectivity index (χ4n) is 3.50. The van der Waals surface area contributed by atoms with E-state index >= 15 is 0 Å². The first kappa shape index (κ1) is 21.3. The molecule has 1 aliphatic carbocycles. The van der Waals surface area contributed by atoms with Gasteiger partial charge in [0.05, 0.1) is 16.2 Å². The maximum absolute atomic E-state index is 12.5. The van der Waals surface area contributed by atoms with E-state index in [0.29, 0.717) is 23.7 Å². The molecule has 3 rings (SSSR count). The van der Waals surface area contributed by atoms with Gasteiger partial charge in [-0.2, -0.15) is 0 Å². The number of sulfonamides is 1. The van der Waals surface area contributed by atoms with E-state index < -0.39 is 10.0 Å². The van der Waals surface area contributed by atoms with Crippen LogP contribution >= 0.6 is 0 Å². The third-order valence-corrected chi connectivity index (χ3v) is 6.95. The van der Waals surface area contributed by atoms with Crippen molar-refractivity contribution in [1.29, 1.82) is 0 Å². The van der Waals surface area contributed by atoms with Crippen LogP contribution in [0.2, 0.25) is 0 Å². The molecule has 0 spiro atoms. The number of carbonyl (C=O) groups excluding carboxylic acids is 1. The van der Waals surface area contributed by atoms with Crippen LogP contribution in [0, 0.1) is 5.92 Å². The molecule has 156 valence electrons. The summed E-state index contributed by atoms with van der Waals surface area (Å²) < 4.78 is 33.2. The summed E-state index contributed by atoms with van der Waals surface area (Å²) >= 11 is 0. The quantitative estimate of drug-likeness (QED) is 0.721. The van der Waals surface area contributed by atoms with Crippen molar-refractivity contribution in [3.05, 3.63) is 54.4 Å². The number of amides is 1. The van der Waals surface area contributed by atoms with Crippen LogP contribution in [-0.2, 0) is 14.8 Å². The second-order valence-corrected chi connectivity index (χ2v) is 9.30. The van der Waals surface area contributed by atoms with Gasteiger partial charge in [-0.05, 0) is 68.0 Å². The van der Waals surface area contributed by atoms with Crippen LogP contribution in [0.25, 0.3) is 0 Å². The zero-order valence-corrected chi connectivity index (χ0v) is 17.5. The number of ether oxygens (including phenoxy) is 1. The summed E-state index contributed by atoms with van der Waals surface area (Å²) in [6.07, 6.45) is 7.02. The lowest BCUT2D eigenvalue weighted by Crippen LogP contribution is -2.46. The lowest BCUT2D eigenvalue weighted by Gasteiger charge is -2.38. The number of pyridine rings is 1. The molecule has 1 aromatic carbocycles. The van der Waals surface area contributed by atoms with Crippen LogP contribution in [0.1, 0.15) is 43.0 Å². The number of nitrogens with one attached hydrogen (secondary N) is 2. The van der Waals surface area contributed by atoms with E-state index in [9.17, 15) is 13.2 Å². The molecule has 0 saturated heterocycles. The molecule has 29 heavy (non-hydrogen) atoms. The molecule has 8 heteroatoms. The Morgan fingerprint density at radius 2 is 1.76 bits per heavy atom. The lowest BCUT2D eigenvalue weighted by molar-refractivity contribution is -0.0446. The van der Waals surface area contributed by atoms with Gasteiger partial charge in [0, 0.05) is 31.6 Å². The van der Waals surface area contributed by atoms with Gasteiger partial charge in [-0.1, -0.05) is 6.92 Å². The Morgan fingerprint density at radius 3 is 2.34 bits per heavy atom. The van der Waals surface area contributed by atoms with Crippen molar-refractivity contribution in [2.75, 3.05) is 18.4 Å². The first-order valence-corrected chi connectivity index (χ1v) is 11.2. The molecule has 1 aromatic heterocycles. The summed E-state index contributed by atoms with van der Waals surface area (Å²) in [6.45, 7) is 2.68. The van der Waals surface area contributed by atoms with Crippen molar-refractivity contribution in [2.45, 2.75) is 43.1 Å². The maximum Gasteiger partial charge on any atom is 0.261 e. The highest BCUT2D eigenvalue weighted by molar-refractivity contribution is 7.92. The molecule has 1 amide bonds. The largest absolute Gasteiger partial charge is 0.376 e. The van der Waals surface area contributed by atoms with Crippen LogP contribution in [0.5, 0.6) is 0 Å². The fraction of sp³-hybridized carbons (Fsp3) is 0.429. The minimum atomic E-state index is -3.73. The lowest BCUT2D eigenvalue weighted by atomic mass is 9.79. The van der Waals surface area contributed by atoms with Gasteiger partial charge in [0.15, 0.2) is 0 Å². The summed E-state index contributed by atoms with van der Waals surface area (Å²) in [4.78, 5) is 16.5. The van der Waals surface area contributed by atoms with Gasteiger partial charge >= 0.3 is 0 Å². The van der Waals surface area contributed by atoms with Crippen molar-refractivity contribution >= 4 is 21.6 Å². The van der Waals surface area contributed by atoms with Crippen molar-refractivity contribution in [1.82, 2.24) is 10.3 Å². The number of nitrogens with zero attached hydrogens (tertiary/aromatic N) is 1. The second kappa shape index (κ2) is 8.92. The van der Waals surface area contributed by atoms with Crippen LogP contribution in [0.3, 0.4) is 0 Å². The van der Waals surface area contributed by atoms with E-state index in [1.165, 1.54) is 36.7 Å². The summed E-state index contributed by atoms with van der Waals surface area (Å²) in [5.74, 6) is 0.440. The number of carbonyl (C=O) groups is 1.